The van der Waals surface area contributed by atoms with Gasteiger partial charge in [-0.25, -0.2) is 0 Å². The average molecular weight is 412 g/mol. The third-order valence-corrected chi connectivity index (χ3v) is 7.57. The van der Waals surface area contributed by atoms with Crippen molar-refractivity contribution in [3.05, 3.63) is 35.4 Å². The Morgan fingerprint density at radius 3 is 2.13 bits per heavy atom. The van der Waals surface area contributed by atoms with Crippen molar-refractivity contribution in [2.24, 2.45) is 11.8 Å². The number of carbonyl (C=O) groups is 2. The first-order valence-corrected chi connectivity index (χ1v) is 11.9. The lowest BCUT2D eigenvalue weighted by Gasteiger charge is -2.43. The molecule has 5 heteroatoms. The van der Waals surface area contributed by atoms with Crippen LogP contribution >= 0.6 is 0 Å². The van der Waals surface area contributed by atoms with E-state index in [0.717, 1.165) is 56.1 Å². The molecule has 1 aromatic carbocycles. The van der Waals surface area contributed by atoms with Gasteiger partial charge in [0.25, 0.3) is 5.91 Å². The molecule has 1 unspecified atom stereocenters. The minimum atomic E-state index is 0.0108. The Kier molecular flexibility index (Phi) is 6.77. The summed E-state index contributed by atoms with van der Waals surface area (Å²) in [6, 6.07) is 7.84. The van der Waals surface area contributed by atoms with Gasteiger partial charge in [-0.15, -0.1) is 0 Å². The summed E-state index contributed by atoms with van der Waals surface area (Å²) < 4.78 is 0. The van der Waals surface area contributed by atoms with E-state index in [-0.39, 0.29) is 11.9 Å². The lowest BCUT2D eigenvalue weighted by atomic mass is 9.92. The molecular weight excluding hydrogens is 374 g/mol. The van der Waals surface area contributed by atoms with Crippen molar-refractivity contribution in [1.29, 1.82) is 0 Å². The topological polar surface area (TPSA) is 43.9 Å². The fourth-order valence-corrected chi connectivity index (χ4v) is 5.53. The second kappa shape index (κ2) is 9.51. The maximum absolute atomic E-state index is 13.6. The summed E-state index contributed by atoms with van der Waals surface area (Å²) in [6.07, 6.45) is 7.09. The lowest BCUT2D eigenvalue weighted by molar-refractivity contribution is -0.141. The molecule has 1 atom stereocenters. The van der Waals surface area contributed by atoms with Gasteiger partial charge in [-0.2, -0.15) is 0 Å². The molecule has 164 valence electrons. The number of rotatable bonds is 4. The van der Waals surface area contributed by atoms with E-state index in [2.05, 4.69) is 16.7 Å². The zero-order chi connectivity index (χ0) is 21.1. The Hall–Kier alpha value is -1.88. The van der Waals surface area contributed by atoms with E-state index in [0.29, 0.717) is 24.9 Å². The fraction of sp³-hybridized carbons (Fsp3) is 0.680. The molecule has 2 amide bonds. The van der Waals surface area contributed by atoms with Crippen molar-refractivity contribution in [3.8, 4) is 0 Å². The van der Waals surface area contributed by atoms with Crippen LogP contribution in [-0.4, -0.2) is 71.8 Å². The third kappa shape index (κ3) is 4.56. The first kappa shape index (κ1) is 21.4. The lowest BCUT2D eigenvalue weighted by Crippen LogP contribution is -2.59. The van der Waals surface area contributed by atoms with E-state index >= 15 is 0 Å². The van der Waals surface area contributed by atoms with Gasteiger partial charge in [0.1, 0.15) is 0 Å². The van der Waals surface area contributed by atoms with Crippen LogP contribution in [-0.2, 0) is 4.79 Å². The minimum absolute atomic E-state index is 0.0108. The Balaban J connectivity index is 1.42. The monoisotopic (exact) mass is 411 g/mol. The first-order chi connectivity index (χ1) is 14.5. The summed E-state index contributed by atoms with van der Waals surface area (Å²) in [4.78, 5) is 33.1. The summed E-state index contributed by atoms with van der Waals surface area (Å²) in [5, 5.41) is 0. The SMILES string of the molecule is Cc1ccccc1C(=O)N1CCN(C(C(=O)N2CCC(C)CC2)C2CCCC2)CC1. The Morgan fingerprint density at radius 2 is 1.50 bits per heavy atom. The summed E-state index contributed by atoms with van der Waals surface area (Å²) in [5.74, 6) is 1.69. The quantitative estimate of drug-likeness (QED) is 0.761. The van der Waals surface area contributed by atoms with Crippen LogP contribution in [0.1, 0.15) is 61.4 Å². The van der Waals surface area contributed by atoms with Crippen molar-refractivity contribution < 1.29 is 9.59 Å². The minimum Gasteiger partial charge on any atom is -0.341 e. The maximum atomic E-state index is 13.6. The molecule has 0 bridgehead atoms. The second-order valence-corrected chi connectivity index (χ2v) is 9.64. The number of aryl methyl sites for hydroxylation is 1. The van der Waals surface area contributed by atoms with Crippen LogP contribution in [0.3, 0.4) is 0 Å². The van der Waals surface area contributed by atoms with E-state index in [9.17, 15) is 9.59 Å². The van der Waals surface area contributed by atoms with Crippen molar-refractivity contribution in [2.45, 2.75) is 58.4 Å². The van der Waals surface area contributed by atoms with E-state index in [4.69, 9.17) is 0 Å². The Labute approximate surface area is 181 Å². The molecule has 2 aliphatic heterocycles. The molecule has 1 aliphatic carbocycles. The number of hydrogen-bond donors (Lipinski definition) is 0. The zero-order valence-corrected chi connectivity index (χ0v) is 18.7. The van der Waals surface area contributed by atoms with Gasteiger partial charge in [0.2, 0.25) is 5.91 Å². The molecule has 1 saturated carbocycles. The standard InChI is InChI=1S/C25H37N3O2/c1-19-11-13-27(14-12-19)25(30)23(21-8-4-5-9-21)26-15-17-28(18-16-26)24(29)22-10-6-3-7-20(22)2/h3,6-7,10,19,21,23H,4-5,8-9,11-18H2,1-2H3. The van der Waals surface area contributed by atoms with E-state index in [1.54, 1.807) is 0 Å². The zero-order valence-electron chi connectivity index (χ0n) is 18.7. The van der Waals surface area contributed by atoms with Gasteiger partial charge < -0.3 is 9.80 Å². The third-order valence-electron chi connectivity index (χ3n) is 7.57. The smallest absolute Gasteiger partial charge is 0.254 e. The van der Waals surface area contributed by atoms with E-state index in [1.165, 1.54) is 25.7 Å². The molecule has 30 heavy (non-hydrogen) atoms. The molecule has 1 aromatic rings. The van der Waals surface area contributed by atoms with Gasteiger partial charge in [0.15, 0.2) is 0 Å². The number of piperidine rings is 1. The Morgan fingerprint density at radius 1 is 0.867 bits per heavy atom. The molecule has 0 radical (unpaired) electrons. The van der Waals surface area contributed by atoms with Gasteiger partial charge in [-0.1, -0.05) is 38.0 Å². The number of piperazine rings is 1. The number of nitrogens with zero attached hydrogens (tertiary/aromatic N) is 3. The molecule has 2 heterocycles. The first-order valence-electron chi connectivity index (χ1n) is 11.9. The largest absolute Gasteiger partial charge is 0.341 e. The molecule has 5 nitrogen and oxygen atoms in total. The molecule has 2 saturated heterocycles. The summed E-state index contributed by atoms with van der Waals surface area (Å²) in [7, 11) is 0. The predicted octanol–water partition coefficient (Wildman–Crippen LogP) is 3.57. The van der Waals surface area contributed by atoms with Crippen LogP contribution in [0.5, 0.6) is 0 Å². The van der Waals surface area contributed by atoms with E-state index < -0.39 is 0 Å². The average Bonchev–Trinajstić information content (AvgIpc) is 3.29. The number of likely N-dealkylation sites (tertiary alicyclic amines) is 1. The van der Waals surface area contributed by atoms with Crippen LogP contribution in [0.4, 0.5) is 0 Å². The number of hydrogen-bond acceptors (Lipinski definition) is 3. The molecule has 4 rings (SSSR count). The van der Waals surface area contributed by atoms with Crippen molar-refractivity contribution in [1.82, 2.24) is 14.7 Å². The van der Waals surface area contributed by atoms with Crippen LogP contribution in [0.25, 0.3) is 0 Å². The van der Waals surface area contributed by atoms with Crippen molar-refractivity contribution in [2.75, 3.05) is 39.3 Å². The molecule has 0 aromatic heterocycles. The summed E-state index contributed by atoms with van der Waals surface area (Å²) in [5.41, 5.74) is 1.83. The van der Waals surface area contributed by atoms with Crippen LogP contribution in [0.2, 0.25) is 0 Å². The highest BCUT2D eigenvalue weighted by Crippen LogP contribution is 2.33. The fourth-order valence-electron chi connectivity index (χ4n) is 5.53. The van der Waals surface area contributed by atoms with Gasteiger partial charge in [0.05, 0.1) is 6.04 Å². The van der Waals surface area contributed by atoms with Crippen LogP contribution in [0, 0.1) is 18.8 Å². The van der Waals surface area contributed by atoms with E-state index in [1.807, 2.05) is 36.1 Å². The maximum Gasteiger partial charge on any atom is 0.254 e. The van der Waals surface area contributed by atoms with Gasteiger partial charge >= 0.3 is 0 Å². The predicted molar refractivity (Wildman–Crippen MR) is 119 cm³/mol. The highest BCUT2D eigenvalue weighted by molar-refractivity contribution is 5.95. The second-order valence-electron chi connectivity index (χ2n) is 9.64. The van der Waals surface area contributed by atoms with Gasteiger partial charge in [0, 0.05) is 44.8 Å². The molecule has 3 aliphatic rings. The highest BCUT2D eigenvalue weighted by Gasteiger charge is 2.39. The molecule has 0 spiro atoms. The van der Waals surface area contributed by atoms with Crippen molar-refractivity contribution in [3.63, 3.8) is 0 Å². The molecule has 0 N–H and O–H groups in total. The summed E-state index contributed by atoms with van der Waals surface area (Å²) in [6.45, 7) is 9.13. The normalized spacial score (nSPS) is 23.0. The molecule has 3 fully saturated rings. The van der Waals surface area contributed by atoms with Crippen molar-refractivity contribution >= 4 is 11.8 Å². The number of amides is 2. The van der Waals surface area contributed by atoms with Gasteiger partial charge in [-0.3, -0.25) is 14.5 Å². The van der Waals surface area contributed by atoms with Crippen LogP contribution in [0.15, 0.2) is 24.3 Å². The summed E-state index contributed by atoms with van der Waals surface area (Å²) >= 11 is 0. The molecular formula is C25H37N3O2. The number of carbonyl (C=O) groups excluding carboxylic acids is 2. The Bertz CT molecular complexity index is 743. The van der Waals surface area contributed by atoms with Crippen LogP contribution < -0.4 is 0 Å². The number of benzene rings is 1. The highest BCUT2D eigenvalue weighted by atomic mass is 16.2. The van der Waals surface area contributed by atoms with Gasteiger partial charge in [-0.05, 0) is 56.1 Å².